The zero-order valence-electron chi connectivity index (χ0n) is 12.0. The normalized spacial score (nSPS) is 10.3. The first-order chi connectivity index (χ1) is 9.63. The number of anilines is 3. The standard InChI is InChI=1S/C14H19N5O/c1-4-19(5-2)12-8-6-11(7-9-12)15-14-16-13(20)10(3)17-18-14/h6-9H,4-5H2,1-3H3,(H2,15,16,18,20). The molecule has 0 saturated carbocycles. The van der Waals surface area contributed by atoms with E-state index in [0.717, 1.165) is 18.8 Å². The second-order valence-electron chi connectivity index (χ2n) is 4.43. The van der Waals surface area contributed by atoms with E-state index in [9.17, 15) is 4.79 Å². The lowest BCUT2D eigenvalue weighted by atomic mass is 10.2. The maximum absolute atomic E-state index is 11.4. The average molecular weight is 273 g/mol. The van der Waals surface area contributed by atoms with Gasteiger partial charge in [0.2, 0.25) is 5.95 Å². The van der Waals surface area contributed by atoms with E-state index < -0.39 is 0 Å². The molecule has 2 rings (SSSR count). The van der Waals surface area contributed by atoms with E-state index in [1.54, 1.807) is 6.92 Å². The van der Waals surface area contributed by atoms with Gasteiger partial charge in [0.25, 0.3) is 5.56 Å². The Morgan fingerprint density at radius 3 is 2.35 bits per heavy atom. The molecule has 0 atom stereocenters. The van der Waals surface area contributed by atoms with Gasteiger partial charge in [0.1, 0.15) is 5.69 Å². The number of nitrogens with one attached hydrogen (secondary N) is 2. The van der Waals surface area contributed by atoms with Crippen molar-refractivity contribution in [2.24, 2.45) is 0 Å². The van der Waals surface area contributed by atoms with Crippen molar-refractivity contribution in [1.82, 2.24) is 15.2 Å². The molecular weight excluding hydrogens is 254 g/mol. The number of hydrogen-bond donors (Lipinski definition) is 2. The molecule has 0 fully saturated rings. The van der Waals surface area contributed by atoms with E-state index in [4.69, 9.17) is 0 Å². The lowest BCUT2D eigenvalue weighted by molar-refractivity contribution is 0.866. The number of nitrogens with zero attached hydrogens (tertiary/aromatic N) is 3. The molecule has 1 aromatic heterocycles. The van der Waals surface area contributed by atoms with Crippen LogP contribution in [0.1, 0.15) is 19.5 Å². The lowest BCUT2D eigenvalue weighted by Gasteiger charge is -2.21. The van der Waals surface area contributed by atoms with Crippen LogP contribution in [0.25, 0.3) is 0 Å². The maximum Gasteiger partial charge on any atom is 0.273 e. The fourth-order valence-corrected chi connectivity index (χ4v) is 1.93. The third-order valence-electron chi connectivity index (χ3n) is 3.12. The number of benzene rings is 1. The molecule has 0 aliphatic heterocycles. The van der Waals surface area contributed by atoms with Gasteiger partial charge >= 0.3 is 0 Å². The third-order valence-corrected chi connectivity index (χ3v) is 3.12. The van der Waals surface area contributed by atoms with Gasteiger partial charge in [-0.2, -0.15) is 0 Å². The summed E-state index contributed by atoms with van der Waals surface area (Å²) >= 11 is 0. The number of aromatic amines is 1. The Hall–Kier alpha value is -2.37. The highest BCUT2D eigenvalue weighted by atomic mass is 16.1. The fraction of sp³-hybridized carbons (Fsp3) is 0.357. The largest absolute Gasteiger partial charge is 0.372 e. The van der Waals surface area contributed by atoms with Gasteiger partial charge in [-0.15, -0.1) is 10.2 Å². The lowest BCUT2D eigenvalue weighted by Crippen LogP contribution is -2.21. The number of hydrogen-bond acceptors (Lipinski definition) is 5. The minimum absolute atomic E-state index is 0.234. The molecule has 0 radical (unpaired) electrons. The van der Waals surface area contributed by atoms with Crippen LogP contribution >= 0.6 is 0 Å². The van der Waals surface area contributed by atoms with Crippen LogP contribution in [0.15, 0.2) is 29.1 Å². The minimum Gasteiger partial charge on any atom is -0.372 e. The highest BCUT2D eigenvalue weighted by Gasteiger charge is 2.03. The van der Waals surface area contributed by atoms with Crippen molar-refractivity contribution >= 4 is 17.3 Å². The summed E-state index contributed by atoms with van der Waals surface area (Å²) in [6.45, 7) is 7.82. The van der Waals surface area contributed by atoms with E-state index >= 15 is 0 Å². The molecule has 1 aromatic carbocycles. The highest BCUT2D eigenvalue weighted by molar-refractivity contribution is 5.59. The van der Waals surface area contributed by atoms with Crippen molar-refractivity contribution in [2.75, 3.05) is 23.3 Å². The number of H-pyrrole nitrogens is 1. The van der Waals surface area contributed by atoms with E-state index in [2.05, 4.69) is 39.2 Å². The SMILES string of the molecule is CCN(CC)c1ccc(Nc2nnc(C)c(=O)[nH]2)cc1. The zero-order valence-corrected chi connectivity index (χ0v) is 12.0. The summed E-state index contributed by atoms with van der Waals surface area (Å²) in [6.07, 6.45) is 0. The van der Waals surface area contributed by atoms with E-state index in [1.807, 2.05) is 24.3 Å². The van der Waals surface area contributed by atoms with Gasteiger partial charge in [0.05, 0.1) is 0 Å². The summed E-state index contributed by atoms with van der Waals surface area (Å²) in [5, 5.41) is 10.7. The Bertz CT molecular complexity index is 616. The van der Waals surface area contributed by atoms with Crippen LogP contribution in [-0.2, 0) is 0 Å². The predicted molar refractivity (Wildman–Crippen MR) is 80.7 cm³/mol. The summed E-state index contributed by atoms with van der Waals surface area (Å²) in [4.78, 5) is 16.3. The zero-order chi connectivity index (χ0) is 14.5. The first kappa shape index (κ1) is 14.0. The molecule has 6 nitrogen and oxygen atoms in total. The van der Waals surface area contributed by atoms with E-state index in [-0.39, 0.29) is 5.56 Å². The maximum atomic E-state index is 11.4. The topological polar surface area (TPSA) is 73.9 Å². The molecule has 6 heteroatoms. The molecule has 106 valence electrons. The molecule has 0 aliphatic rings. The van der Waals surface area contributed by atoms with Gasteiger partial charge < -0.3 is 10.2 Å². The summed E-state index contributed by atoms with van der Waals surface area (Å²) in [6, 6.07) is 7.98. The van der Waals surface area contributed by atoms with Gasteiger partial charge in [0, 0.05) is 24.5 Å². The first-order valence-electron chi connectivity index (χ1n) is 6.69. The second-order valence-corrected chi connectivity index (χ2v) is 4.43. The second kappa shape index (κ2) is 6.18. The number of aryl methyl sites for hydroxylation is 1. The van der Waals surface area contributed by atoms with Gasteiger partial charge in [-0.1, -0.05) is 0 Å². The molecule has 0 unspecified atom stereocenters. The Morgan fingerprint density at radius 2 is 1.80 bits per heavy atom. The molecule has 0 bridgehead atoms. The van der Waals surface area contributed by atoms with Crippen LogP contribution < -0.4 is 15.8 Å². The molecular formula is C14H19N5O. The van der Waals surface area contributed by atoms with Crippen LogP contribution in [0, 0.1) is 6.92 Å². The van der Waals surface area contributed by atoms with Crippen LogP contribution in [0.3, 0.4) is 0 Å². The molecule has 2 N–H and O–H groups in total. The number of aromatic nitrogens is 3. The monoisotopic (exact) mass is 273 g/mol. The fourth-order valence-electron chi connectivity index (χ4n) is 1.93. The van der Waals surface area contributed by atoms with Crippen molar-refractivity contribution in [3.8, 4) is 0 Å². The Labute approximate surface area is 117 Å². The predicted octanol–water partition coefficient (Wildman–Crippen LogP) is 2.06. The van der Waals surface area contributed by atoms with Gasteiger partial charge in [0.15, 0.2) is 0 Å². The summed E-state index contributed by atoms with van der Waals surface area (Å²) in [5.41, 5.74) is 2.15. The van der Waals surface area contributed by atoms with Gasteiger partial charge in [-0.3, -0.25) is 9.78 Å². The Morgan fingerprint density at radius 1 is 1.15 bits per heavy atom. The Kier molecular flexibility index (Phi) is 4.34. The Balaban J connectivity index is 2.14. The quantitative estimate of drug-likeness (QED) is 0.872. The van der Waals surface area contributed by atoms with Crippen molar-refractivity contribution in [3.05, 3.63) is 40.3 Å². The average Bonchev–Trinajstić information content (AvgIpc) is 2.46. The molecule has 0 spiro atoms. The van der Waals surface area contributed by atoms with Crippen molar-refractivity contribution in [2.45, 2.75) is 20.8 Å². The van der Waals surface area contributed by atoms with Crippen molar-refractivity contribution in [3.63, 3.8) is 0 Å². The molecule has 2 aromatic rings. The highest BCUT2D eigenvalue weighted by Crippen LogP contribution is 2.19. The van der Waals surface area contributed by atoms with Gasteiger partial charge in [-0.25, -0.2) is 0 Å². The third kappa shape index (κ3) is 3.14. The smallest absolute Gasteiger partial charge is 0.273 e. The van der Waals surface area contributed by atoms with E-state index in [0.29, 0.717) is 11.6 Å². The van der Waals surface area contributed by atoms with Crippen molar-refractivity contribution in [1.29, 1.82) is 0 Å². The van der Waals surface area contributed by atoms with Crippen LogP contribution in [0.4, 0.5) is 17.3 Å². The first-order valence-corrected chi connectivity index (χ1v) is 6.69. The molecule has 20 heavy (non-hydrogen) atoms. The number of rotatable bonds is 5. The summed E-state index contributed by atoms with van der Waals surface area (Å²) < 4.78 is 0. The van der Waals surface area contributed by atoms with E-state index in [1.165, 1.54) is 5.69 Å². The minimum atomic E-state index is -0.234. The molecule has 1 heterocycles. The molecule has 0 saturated heterocycles. The van der Waals surface area contributed by atoms with Gasteiger partial charge in [-0.05, 0) is 45.0 Å². The van der Waals surface area contributed by atoms with Crippen LogP contribution in [-0.4, -0.2) is 28.3 Å². The summed E-state index contributed by atoms with van der Waals surface area (Å²) in [5.74, 6) is 0.344. The summed E-state index contributed by atoms with van der Waals surface area (Å²) in [7, 11) is 0. The molecule has 0 amide bonds. The van der Waals surface area contributed by atoms with Crippen LogP contribution in [0.2, 0.25) is 0 Å². The van der Waals surface area contributed by atoms with Crippen molar-refractivity contribution < 1.29 is 0 Å². The molecule has 0 aliphatic carbocycles. The van der Waals surface area contributed by atoms with Crippen LogP contribution in [0.5, 0.6) is 0 Å².